The Morgan fingerprint density at radius 3 is 2.54 bits per heavy atom. The van der Waals surface area contributed by atoms with Crippen molar-refractivity contribution in [2.24, 2.45) is 0 Å². The number of carbonyl (C=O) groups is 3. The van der Waals surface area contributed by atoms with E-state index >= 15 is 0 Å². The largest absolute Gasteiger partial charge is 0.481 e. The van der Waals surface area contributed by atoms with Gasteiger partial charge in [0.1, 0.15) is 11.9 Å². The lowest BCUT2D eigenvalue weighted by Crippen LogP contribution is -2.47. The van der Waals surface area contributed by atoms with Gasteiger partial charge in [0.25, 0.3) is 0 Å². The third-order valence-corrected chi connectivity index (χ3v) is 3.94. The van der Waals surface area contributed by atoms with Gasteiger partial charge in [-0.2, -0.15) is 0 Å². The van der Waals surface area contributed by atoms with Crippen LogP contribution in [-0.2, 0) is 20.8 Å². The van der Waals surface area contributed by atoms with Gasteiger partial charge < -0.3 is 15.7 Å². The first-order valence-electron chi connectivity index (χ1n) is 8.96. The standard InChI is InChI=1S/C19H27FN2O4/c1-2-3-4-7-12-21-19(26)16(10-11-18(24)25)22-17(23)13-14-8-5-6-9-15(14)20/h5-6,8-9,16H,2-4,7,10-13H2,1H3,(H,21,26)(H,22,23)(H,24,25)/t16-/m0/s1. The molecule has 0 spiro atoms. The van der Waals surface area contributed by atoms with Crippen LogP contribution in [0.5, 0.6) is 0 Å². The molecule has 0 saturated heterocycles. The Morgan fingerprint density at radius 2 is 1.88 bits per heavy atom. The molecule has 0 aliphatic heterocycles. The number of benzene rings is 1. The van der Waals surface area contributed by atoms with Crippen molar-refractivity contribution in [3.8, 4) is 0 Å². The molecule has 3 N–H and O–H groups in total. The predicted octanol–water partition coefficient (Wildman–Crippen LogP) is 2.41. The van der Waals surface area contributed by atoms with Gasteiger partial charge >= 0.3 is 5.97 Å². The summed E-state index contributed by atoms with van der Waals surface area (Å²) in [7, 11) is 0. The molecule has 0 saturated carbocycles. The van der Waals surface area contributed by atoms with Crippen LogP contribution in [0, 0.1) is 5.82 Å². The molecule has 144 valence electrons. The molecule has 0 unspecified atom stereocenters. The average molecular weight is 366 g/mol. The first-order valence-corrected chi connectivity index (χ1v) is 8.96. The van der Waals surface area contributed by atoms with Crippen LogP contribution in [0.4, 0.5) is 4.39 Å². The molecule has 0 bridgehead atoms. The Labute approximate surface area is 153 Å². The van der Waals surface area contributed by atoms with Gasteiger partial charge in [-0.25, -0.2) is 4.39 Å². The number of amides is 2. The van der Waals surface area contributed by atoms with Gasteiger partial charge in [0, 0.05) is 13.0 Å². The maximum atomic E-state index is 13.6. The van der Waals surface area contributed by atoms with E-state index in [-0.39, 0.29) is 24.8 Å². The van der Waals surface area contributed by atoms with Gasteiger partial charge in [0.15, 0.2) is 0 Å². The van der Waals surface area contributed by atoms with E-state index in [2.05, 4.69) is 17.6 Å². The molecular weight excluding hydrogens is 339 g/mol. The molecule has 0 aliphatic carbocycles. The summed E-state index contributed by atoms with van der Waals surface area (Å²) in [6, 6.07) is 4.95. The normalized spacial score (nSPS) is 11.6. The van der Waals surface area contributed by atoms with Crippen molar-refractivity contribution in [3.05, 3.63) is 35.6 Å². The zero-order valence-corrected chi connectivity index (χ0v) is 15.1. The van der Waals surface area contributed by atoms with Crippen LogP contribution in [0.25, 0.3) is 0 Å². The lowest BCUT2D eigenvalue weighted by atomic mass is 10.1. The number of halogens is 1. The van der Waals surface area contributed by atoms with Gasteiger partial charge in [-0.3, -0.25) is 14.4 Å². The van der Waals surface area contributed by atoms with Crippen molar-refractivity contribution in [2.45, 2.75) is 57.9 Å². The monoisotopic (exact) mass is 366 g/mol. The first-order chi connectivity index (χ1) is 12.4. The van der Waals surface area contributed by atoms with Crippen molar-refractivity contribution in [1.29, 1.82) is 0 Å². The highest BCUT2D eigenvalue weighted by molar-refractivity contribution is 5.88. The van der Waals surface area contributed by atoms with Crippen LogP contribution in [0.3, 0.4) is 0 Å². The maximum absolute atomic E-state index is 13.6. The van der Waals surface area contributed by atoms with Crippen LogP contribution in [-0.4, -0.2) is 35.5 Å². The zero-order valence-electron chi connectivity index (χ0n) is 15.1. The molecule has 26 heavy (non-hydrogen) atoms. The molecule has 7 heteroatoms. The van der Waals surface area contributed by atoms with Gasteiger partial charge in [-0.05, 0) is 24.5 Å². The van der Waals surface area contributed by atoms with E-state index in [1.54, 1.807) is 6.07 Å². The Balaban J connectivity index is 2.58. The molecule has 1 aromatic carbocycles. The smallest absolute Gasteiger partial charge is 0.303 e. The van der Waals surface area contributed by atoms with E-state index in [1.165, 1.54) is 18.2 Å². The lowest BCUT2D eigenvalue weighted by Gasteiger charge is -2.18. The Hall–Kier alpha value is -2.44. The summed E-state index contributed by atoms with van der Waals surface area (Å²) in [5.41, 5.74) is 0.224. The van der Waals surface area contributed by atoms with Gasteiger partial charge in [0.05, 0.1) is 6.42 Å². The number of carboxylic acid groups (broad SMARTS) is 1. The fourth-order valence-corrected chi connectivity index (χ4v) is 2.48. The van der Waals surface area contributed by atoms with Gasteiger partial charge in [0.2, 0.25) is 11.8 Å². The van der Waals surface area contributed by atoms with Gasteiger partial charge in [-0.1, -0.05) is 44.4 Å². The van der Waals surface area contributed by atoms with E-state index < -0.39 is 29.6 Å². The first kappa shape index (κ1) is 21.6. The molecule has 0 heterocycles. The van der Waals surface area contributed by atoms with Crippen LogP contribution in [0.15, 0.2) is 24.3 Å². The Morgan fingerprint density at radius 1 is 1.15 bits per heavy atom. The highest BCUT2D eigenvalue weighted by Gasteiger charge is 2.22. The summed E-state index contributed by atoms with van der Waals surface area (Å²) in [5, 5.41) is 14.1. The Kier molecular flexibility index (Phi) is 9.97. The number of unbranched alkanes of at least 4 members (excludes halogenated alkanes) is 3. The van der Waals surface area contributed by atoms with Crippen molar-refractivity contribution in [2.75, 3.05) is 6.54 Å². The minimum atomic E-state index is -1.05. The SMILES string of the molecule is CCCCCCNC(=O)[C@H](CCC(=O)O)NC(=O)Cc1ccccc1F. The minimum Gasteiger partial charge on any atom is -0.481 e. The third-order valence-electron chi connectivity index (χ3n) is 3.94. The summed E-state index contributed by atoms with van der Waals surface area (Å²) in [6.07, 6.45) is 3.52. The summed E-state index contributed by atoms with van der Waals surface area (Å²) in [5.74, 6) is -2.48. The number of hydrogen-bond donors (Lipinski definition) is 3. The number of rotatable bonds is 12. The average Bonchev–Trinajstić information content (AvgIpc) is 2.60. The summed E-state index contributed by atoms with van der Waals surface area (Å²) in [4.78, 5) is 35.2. The fraction of sp³-hybridized carbons (Fsp3) is 0.526. The number of hydrogen-bond acceptors (Lipinski definition) is 3. The second-order valence-electron chi connectivity index (χ2n) is 6.17. The topological polar surface area (TPSA) is 95.5 Å². The van der Waals surface area contributed by atoms with Crippen LogP contribution in [0.2, 0.25) is 0 Å². The highest BCUT2D eigenvalue weighted by atomic mass is 19.1. The van der Waals surface area contributed by atoms with E-state index in [0.29, 0.717) is 6.54 Å². The van der Waals surface area contributed by atoms with Gasteiger partial charge in [-0.15, -0.1) is 0 Å². The van der Waals surface area contributed by atoms with Crippen molar-refractivity contribution < 1.29 is 23.9 Å². The molecule has 6 nitrogen and oxygen atoms in total. The van der Waals surface area contributed by atoms with Crippen molar-refractivity contribution >= 4 is 17.8 Å². The number of aliphatic carboxylic acids is 1. The van der Waals surface area contributed by atoms with Crippen LogP contribution < -0.4 is 10.6 Å². The second kappa shape index (κ2) is 12.0. The molecule has 0 fully saturated rings. The second-order valence-corrected chi connectivity index (χ2v) is 6.17. The van der Waals surface area contributed by atoms with E-state index in [0.717, 1.165) is 25.7 Å². The minimum absolute atomic E-state index is 0.0147. The molecule has 1 aromatic rings. The molecule has 0 aliphatic rings. The molecular formula is C19H27FN2O4. The predicted molar refractivity (Wildman–Crippen MR) is 96.1 cm³/mol. The highest BCUT2D eigenvalue weighted by Crippen LogP contribution is 2.08. The summed E-state index contributed by atoms with van der Waals surface area (Å²) in [6.45, 7) is 2.57. The van der Waals surface area contributed by atoms with E-state index in [4.69, 9.17) is 5.11 Å². The number of carbonyl (C=O) groups excluding carboxylic acids is 2. The number of carboxylic acids is 1. The molecule has 0 aromatic heterocycles. The molecule has 2 amide bonds. The van der Waals surface area contributed by atoms with Crippen LogP contribution >= 0.6 is 0 Å². The van der Waals surface area contributed by atoms with Crippen molar-refractivity contribution in [3.63, 3.8) is 0 Å². The zero-order chi connectivity index (χ0) is 19.4. The maximum Gasteiger partial charge on any atom is 0.303 e. The third kappa shape index (κ3) is 8.60. The Bertz CT molecular complexity index is 607. The lowest BCUT2D eigenvalue weighted by molar-refractivity contribution is -0.138. The van der Waals surface area contributed by atoms with E-state index in [1.807, 2.05) is 0 Å². The molecule has 0 radical (unpaired) electrons. The van der Waals surface area contributed by atoms with Crippen LogP contribution in [0.1, 0.15) is 51.0 Å². The summed E-state index contributed by atoms with van der Waals surface area (Å²) >= 11 is 0. The summed E-state index contributed by atoms with van der Waals surface area (Å²) < 4.78 is 13.6. The molecule has 1 atom stereocenters. The quantitative estimate of drug-likeness (QED) is 0.495. The number of nitrogens with one attached hydrogen (secondary N) is 2. The van der Waals surface area contributed by atoms with E-state index in [9.17, 15) is 18.8 Å². The van der Waals surface area contributed by atoms with Crippen molar-refractivity contribution in [1.82, 2.24) is 10.6 Å². The molecule has 1 rings (SSSR count). The fourth-order valence-electron chi connectivity index (χ4n) is 2.48.